The molecule has 7 nitrogen and oxygen atoms in total. The van der Waals surface area contributed by atoms with E-state index < -0.39 is 0 Å². The zero-order chi connectivity index (χ0) is 20.4. The van der Waals surface area contributed by atoms with Crippen molar-refractivity contribution < 1.29 is 18.5 Å². The summed E-state index contributed by atoms with van der Waals surface area (Å²) in [6.45, 7) is 6.27. The Morgan fingerprint density at radius 2 is 2.03 bits per heavy atom. The highest BCUT2D eigenvalue weighted by Crippen LogP contribution is 2.28. The second kappa shape index (κ2) is 7.79. The average Bonchev–Trinajstić information content (AvgIpc) is 3.38. The number of furan rings is 1. The van der Waals surface area contributed by atoms with Crippen LogP contribution in [0.5, 0.6) is 5.75 Å². The standard InChI is InChI=1S/C22H21N3O4/c1-4-27-16-9-7-15(8-10-16)13(2)23-21(26)17-12-18(19-6-5-11-28-19)24-22-20(17)14(3)25-29-22/h5-13H,4H2,1-3H3,(H,23,26). The molecule has 0 aliphatic rings. The van der Waals surface area contributed by atoms with Crippen LogP contribution in [0, 0.1) is 6.92 Å². The molecule has 0 aliphatic heterocycles. The van der Waals surface area contributed by atoms with Gasteiger partial charge in [0.15, 0.2) is 5.76 Å². The molecule has 0 radical (unpaired) electrons. The average molecular weight is 391 g/mol. The Hall–Kier alpha value is -3.61. The number of carbonyl (C=O) groups excluding carboxylic acids is 1. The van der Waals surface area contributed by atoms with E-state index >= 15 is 0 Å². The van der Waals surface area contributed by atoms with E-state index in [1.54, 1.807) is 31.4 Å². The molecule has 1 amide bonds. The predicted octanol–water partition coefficient (Wildman–Crippen LogP) is 4.68. The van der Waals surface area contributed by atoms with Gasteiger partial charge in [-0.05, 0) is 56.7 Å². The van der Waals surface area contributed by atoms with Crippen molar-refractivity contribution in [2.45, 2.75) is 26.8 Å². The number of aromatic nitrogens is 2. The lowest BCUT2D eigenvalue weighted by atomic mass is 10.1. The maximum atomic E-state index is 13.1. The molecular formula is C22H21N3O4. The van der Waals surface area contributed by atoms with Gasteiger partial charge < -0.3 is 19.0 Å². The molecule has 4 rings (SSSR count). The smallest absolute Gasteiger partial charge is 0.259 e. The highest BCUT2D eigenvalue weighted by molar-refractivity contribution is 6.07. The Kier molecular flexibility index (Phi) is 5.03. The van der Waals surface area contributed by atoms with Crippen molar-refractivity contribution in [1.82, 2.24) is 15.5 Å². The lowest BCUT2D eigenvalue weighted by Gasteiger charge is -2.15. The minimum Gasteiger partial charge on any atom is -0.494 e. The van der Waals surface area contributed by atoms with E-state index in [0.29, 0.717) is 40.4 Å². The first kappa shape index (κ1) is 18.7. The number of amides is 1. The van der Waals surface area contributed by atoms with Crippen LogP contribution in [0.25, 0.3) is 22.6 Å². The van der Waals surface area contributed by atoms with Gasteiger partial charge in [-0.15, -0.1) is 0 Å². The van der Waals surface area contributed by atoms with Crippen LogP contribution in [0.1, 0.15) is 41.5 Å². The fraction of sp³-hybridized carbons (Fsp3) is 0.227. The van der Waals surface area contributed by atoms with E-state index in [1.165, 1.54) is 0 Å². The summed E-state index contributed by atoms with van der Waals surface area (Å²) in [6, 6.07) is 12.7. The van der Waals surface area contributed by atoms with Gasteiger partial charge in [0, 0.05) is 0 Å². The zero-order valence-electron chi connectivity index (χ0n) is 16.4. The summed E-state index contributed by atoms with van der Waals surface area (Å²) >= 11 is 0. The van der Waals surface area contributed by atoms with E-state index in [-0.39, 0.29) is 11.9 Å². The van der Waals surface area contributed by atoms with E-state index in [2.05, 4.69) is 15.5 Å². The number of ether oxygens (including phenoxy) is 1. The number of rotatable bonds is 6. The summed E-state index contributed by atoms with van der Waals surface area (Å²) < 4.78 is 16.2. The summed E-state index contributed by atoms with van der Waals surface area (Å²) in [7, 11) is 0. The van der Waals surface area contributed by atoms with Crippen molar-refractivity contribution in [2.24, 2.45) is 0 Å². The molecule has 0 saturated heterocycles. The van der Waals surface area contributed by atoms with Crippen LogP contribution in [0.2, 0.25) is 0 Å². The van der Waals surface area contributed by atoms with Crippen molar-refractivity contribution in [3.05, 3.63) is 65.5 Å². The number of nitrogens with one attached hydrogen (secondary N) is 1. The Balaban J connectivity index is 1.64. The number of aryl methyl sites for hydroxylation is 1. The summed E-state index contributed by atoms with van der Waals surface area (Å²) in [5.74, 6) is 1.11. The molecule has 29 heavy (non-hydrogen) atoms. The molecule has 0 fully saturated rings. The van der Waals surface area contributed by atoms with Gasteiger partial charge in [-0.3, -0.25) is 4.79 Å². The van der Waals surface area contributed by atoms with E-state index in [0.717, 1.165) is 11.3 Å². The van der Waals surface area contributed by atoms with Crippen LogP contribution in [-0.2, 0) is 0 Å². The normalized spacial score (nSPS) is 12.1. The van der Waals surface area contributed by atoms with Gasteiger partial charge in [0.1, 0.15) is 11.4 Å². The number of nitrogens with zero attached hydrogens (tertiary/aromatic N) is 2. The van der Waals surface area contributed by atoms with Crippen molar-refractivity contribution in [3.63, 3.8) is 0 Å². The van der Waals surface area contributed by atoms with Crippen molar-refractivity contribution in [3.8, 4) is 17.2 Å². The van der Waals surface area contributed by atoms with E-state index in [9.17, 15) is 4.79 Å². The van der Waals surface area contributed by atoms with Crippen molar-refractivity contribution in [1.29, 1.82) is 0 Å². The van der Waals surface area contributed by atoms with E-state index in [1.807, 2.05) is 38.1 Å². The number of pyridine rings is 1. The van der Waals surface area contributed by atoms with Crippen LogP contribution < -0.4 is 10.1 Å². The summed E-state index contributed by atoms with van der Waals surface area (Å²) in [4.78, 5) is 17.5. The third kappa shape index (κ3) is 3.71. The molecule has 0 bridgehead atoms. The molecule has 1 unspecified atom stereocenters. The second-order valence-corrected chi connectivity index (χ2v) is 6.68. The van der Waals surface area contributed by atoms with Crippen LogP contribution in [0.15, 0.2) is 57.7 Å². The molecule has 0 spiro atoms. The summed E-state index contributed by atoms with van der Waals surface area (Å²) in [5.41, 5.74) is 2.84. The monoisotopic (exact) mass is 391 g/mol. The first-order valence-electron chi connectivity index (χ1n) is 9.41. The van der Waals surface area contributed by atoms with Gasteiger partial charge >= 0.3 is 0 Å². The zero-order valence-corrected chi connectivity index (χ0v) is 16.4. The van der Waals surface area contributed by atoms with E-state index in [4.69, 9.17) is 13.7 Å². The number of hydrogen-bond donors (Lipinski definition) is 1. The van der Waals surface area contributed by atoms with Gasteiger partial charge in [-0.1, -0.05) is 17.3 Å². The summed E-state index contributed by atoms with van der Waals surface area (Å²) in [5, 5.41) is 7.60. The molecule has 1 N–H and O–H groups in total. The minimum absolute atomic E-state index is 0.200. The fourth-order valence-corrected chi connectivity index (χ4v) is 3.20. The third-order valence-corrected chi connectivity index (χ3v) is 4.67. The number of carbonyl (C=O) groups is 1. The number of hydrogen-bond acceptors (Lipinski definition) is 6. The van der Waals surface area contributed by atoms with Crippen LogP contribution in [0.3, 0.4) is 0 Å². The summed E-state index contributed by atoms with van der Waals surface area (Å²) in [6.07, 6.45) is 1.56. The molecule has 1 aromatic carbocycles. The molecule has 1 atom stereocenters. The fourth-order valence-electron chi connectivity index (χ4n) is 3.20. The molecule has 3 heterocycles. The molecule has 4 aromatic rings. The van der Waals surface area contributed by atoms with Crippen LogP contribution in [0.4, 0.5) is 0 Å². The Labute approximate surface area is 167 Å². The lowest BCUT2D eigenvalue weighted by molar-refractivity contribution is 0.0941. The van der Waals surface area contributed by atoms with Crippen molar-refractivity contribution in [2.75, 3.05) is 6.61 Å². The molecule has 7 heteroatoms. The predicted molar refractivity (Wildman–Crippen MR) is 108 cm³/mol. The van der Waals surface area contributed by atoms with Gasteiger partial charge in [-0.2, -0.15) is 0 Å². The van der Waals surface area contributed by atoms with Crippen LogP contribution >= 0.6 is 0 Å². The largest absolute Gasteiger partial charge is 0.494 e. The molecule has 148 valence electrons. The van der Waals surface area contributed by atoms with Gasteiger partial charge in [0.05, 0.1) is 35.6 Å². The molecule has 0 saturated carbocycles. The Bertz CT molecular complexity index is 1130. The highest BCUT2D eigenvalue weighted by Gasteiger charge is 2.21. The van der Waals surface area contributed by atoms with Gasteiger partial charge in [0.2, 0.25) is 0 Å². The quantitative estimate of drug-likeness (QED) is 0.513. The number of benzene rings is 1. The Morgan fingerprint density at radius 1 is 1.24 bits per heavy atom. The lowest BCUT2D eigenvalue weighted by Crippen LogP contribution is -2.27. The first-order valence-corrected chi connectivity index (χ1v) is 9.41. The maximum absolute atomic E-state index is 13.1. The Morgan fingerprint density at radius 3 is 2.72 bits per heavy atom. The minimum atomic E-state index is -0.238. The molecule has 0 aliphatic carbocycles. The maximum Gasteiger partial charge on any atom is 0.259 e. The molecule has 3 aromatic heterocycles. The highest BCUT2D eigenvalue weighted by atomic mass is 16.5. The number of fused-ring (bicyclic) bond motifs is 1. The molecular weight excluding hydrogens is 370 g/mol. The SMILES string of the molecule is CCOc1ccc(C(C)NC(=O)c2cc(-c3ccco3)nc3onc(C)c23)cc1. The van der Waals surface area contributed by atoms with Gasteiger partial charge in [-0.25, -0.2) is 4.98 Å². The first-order chi connectivity index (χ1) is 14.1. The third-order valence-electron chi connectivity index (χ3n) is 4.67. The van der Waals surface area contributed by atoms with Gasteiger partial charge in [0.25, 0.3) is 11.6 Å². The second-order valence-electron chi connectivity index (χ2n) is 6.68. The van der Waals surface area contributed by atoms with Crippen LogP contribution in [-0.4, -0.2) is 22.7 Å². The van der Waals surface area contributed by atoms with Crippen molar-refractivity contribution >= 4 is 17.0 Å². The topological polar surface area (TPSA) is 90.4 Å².